The number of ketones is 1. The lowest BCUT2D eigenvalue weighted by Crippen LogP contribution is -2.38. The van der Waals surface area contributed by atoms with E-state index in [1.165, 1.54) is 62.0 Å². The summed E-state index contributed by atoms with van der Waals surface area (Å²) in [4.78, 5) is 13.2. The smallest absolute Gasteiger partial charge is 0.176 e. The number of Topliss-reactive ketones (excluding diaryl/α,β-unsaturated/α-hetero) is 1. The summed E-state index contributed by atoms with van der Waals surface area (Å²) < 4.78 is -0.185. The molecule has 1 saturated heterocycles. The third-order valence-corrected chi connectivity index (χ3v) is 11.5. The van der Waals surface area contributed by atoms with Crippen molar-refractivity contribution in [1.82, 2.24) is 0 Å². The third-order valence-electron chi connectivity index (χ3n) is 6.47. The monoisotopic (exact) mass is 332 g/mol. The average Bonchev–Trinajstić information content (AvgIpc) is 3.04. The summed E-state index contributed by atoms with van der Waals surface area (Å²) in [6.07, 6.45) is 11.8. The molecule has 1 aliphatic carbocycles. The largest absolute Gasteiger partial charge is 0.293 e. The third kappa shape index (κ3) is 3.24. The molecule has 1 nitrogen and oxygen atoms in total. The van der Waals surface area contributed by atoms with Crippen molar-refractivity contribution >= 4 is 15.8 Å². The number of rotatable bonds is 4. The zero-order valence-electron chi connectivity index (χ0n) is 15.1. The van der Waals surface area contributed by atoms with Crippen molar-refractivity contribution in [1.29, 1.82) is 0 Å². The van der Waals surface area contributed by atoms with Crippen LogP contribution in [0.4, 0.5) is 0 Å². The Kier molecular flexibility index (Phi) is 4.92. The Morgan fingerprint density at radius 2 is 1.52 bits per heavy atom. The van der Waals surface area contributed by atoms with Crippen LogP contribution in [0.15, 0.2) is 24.3 Å². The van der Waals surface area contributed by atoms with E-state index in [1.54, 1.807) is 0 Å². The second-order valence-electron chi connectivity index (χ2n) is 8.19. The maximum absolute atomic E-state index is 13.2. The first-order valence-electron chi connectivity index (χ1n) is 9.32. The van der Waals surface area contributed by atoms with Gasteiger partial charge in [0, 0.05) is 5.56 Å². The van der Waals surface area contributed by atoms with Gasteiger partial charge in [0.05, 0.1) is 4.75 Å². The summed E-state index contributed by atoms with van der Waals surface area (Å²) in [6, 6.07) is 8.66. The zero-order chi connectivity index (χ0) is 16.5. The van der Waals surface area contributed by atoms with E-state index in [2.05, 4.69) is 44.4 Å². The fourth-order valence-corrected chi connectivity index (χ4v) is 7.84. The molecule has 2 fully saturated rings. The Balaban J connectivity index is 1.77. The van der Waals surface area contributed by atoms with Crippen LogP contribution in [-0.4, -0.2) is 28.3 Å². The van der Waals surface area contributed by atoms with Gasteiger partial charge < -0.3 is 0 Å². The number of hydrogen-bond acceptors (Lipinski definition) is 1. The summed E-state index contributed by atoms with van der Waals surface area (Å²) >= 11 is 0. The fraction of sp³-hybridized carbons (Fsp3) is 0.667. The van der Waals surface area contributed by atoms with Crippen molar-refractivity contribution in [2.75, 3.05) is 17.8 Å². The van der Waals surface area contributed by atoms with Crippen LogP contribution in [-0.2, 0) is 0 Å². The summed E-state index contributed by atoms with van der Waals surface area (Å²) in [7, 11) is -0.810. The summed E-state index contributed by atoms with van der Waals surface area (Å²) in [6.45, 7) is 4.40. The molecule has 2 aliphatic rings. The Labute approximate surface area is 143 Å². The molecule has 0 aromatic heterocycles. The summed E-state index contributed by atoms with van der Waals surface area (Å²) in [5, 5.41) is 0. The molecule has 0 N–H and O–H groups in total. The molecule has 0 amide bonds. The van der Waals surface area contributed by atoms with Gasteiger partial charge in [-0.1, -0.05) is 43.5 Å². The number of benzene rings is 1. The molecule has 1 saturated carbocycles. The van der Waals surface area contributed by atoms with Crippen molar-refractivity contribution < 1.29 is 4.79 Å². The van der Waals surface area contributed by atoms with E-state index in [-0.39, 0.29) is 4.75 Å². The van der Waals surface area contributed by atoms with Crippen LogP contribution in [0.2, 0.25) is 0 Å². The quantitative estimate of drug-likeness (QED) is 0.625. The highest BCUT2D eigenvalue weighted by Gasteiger charge is 2.43. The van der Waals surface area contributed by atoms with Gasteiger partial charge in [0.2, 0.25) is 0 Å². The molecule has 0 atom stereocenters. The number of carbonyl (C=O) groups is 1. The lowest BCUT2D eigenvalue weighted by atomic mass is 9.83. The van der Waals surface area contributed by atoms with E-state index >= 15 is 0 Å². The maximum Gasteiger partial charge on any atom is 0.176 e. The van der Waals surface area contributed by atoms with Crippen molar-refractivity contribution in [3.63, 3.8) is 0 Å². The predicted octanol–water partition coefficient (Wildman–Crippen LogP) is 5.92. The molecule has 0 radical (unpaired) electrons. The summed E-state index contributed by atoms with van der Waals surface area (Å²) in [5.41, 5.74) is 2.37. The van der Waals surface area contributed by atoms with E-state index in [1.807, 2.05) is 0 Å². The van der Waals surface area contributed by atoms with Gasteiger partial charge in [0.1, 0.15) is 0 Å². The van der Waals surface area contributed by atoms with E-state index in [4.69, 9.17) is 0 Å². The van der Waals surface area contributed by atoms with Crippen LogP contribution in [0.25, 0.3) is 0 Å². The Bertz CT molecular complexity index is 546. The van der Waals surface area contributed by atoms with Gasteiger partial charge in [-0.25, -0.2) is 10.0 Å². The summed E-state index contributed by atoms with van der Waals surface area (Å²) in [5.74, 6) is 3.63. The molecular formula is C21H32OS. The van der Waals surface area contributed by atoms with Gasteiger partial charge in [0.15, 0.2) is 5.78 Å². The second-order valence-corrected chi connectivity index (χ2v) is 12.6. The minimum absolute atomic E-state index is 0.185. The van der Waals surface area contributed by atoms with Gasteiger partial charge >= 0.3 is 0 Å². The SMILES string of the molecule is CC(C)(C(=O)c1ccc(C2CCCCC2)cc1)S1(C)CCCC1. The topological polar surface area (TPSA) is 17.1 Å². The van der Waals surface area contributed by atoms with E-state index in [0.29, 0.717) is 5.78 Å². The standard InChI is InChI=1S/C21H32OS/c1-21(2,23(3)15-7-8-16-23)20(22)19-13-11-18(12-14-19)17-9-5-4-6-10-17/h11-14,17H,4-10,15-16H2,1-3H3. The average molecular weight is 333 g/mol. The number of carbonyl (C=O) groups excluding carboxylic acids is 1. The molecular weight excluding hydrogens is 300 g/mol. The Hall–Kier alpha value is -0.760. The molecule has 2 heteroatoms. The van der Waals surface area contributed by atoms with E-state index < -0.39 is 10.0 Å². The lowest BCUT2D eigenvalue weighted by molar-refractivity contribution is 0.0956. The Morgan fingerprint density at radius 1 is 0.957 bits per heavy atom. The molecule has 128 valence electrons. The highest BCUT2D eigenvalue weighted by molar-refractivity contribution is 8.34. The van der Waals surface area contributed by atoms with Crippen LogP contribution >= 0.6 is 10.0 Å². The van der Waals surface area contributed by atoms with Gasteiger partial charge in [-0.15, -0.1) is 0 Å². The molecule has 0 bridgehead atoms. The fourth-order valence-electron chi connectivity index (χ4n) is 4.37. The first kappa shape index (κ1) is 17.1. The van der Waals surface area contributed by atoms with Gasteiger partial charge in [-0.3, -0.25) is 4.79 Å². The highest BCUT2D eigenvalue weighted by atomic mass is 32.3. The normalized spacial score (nSPS) is 23.6. The molecule has 1 aromatic carbocycles. The molecule has 1 aliphatic heterocycles. The molecule has 0 unspecified atom stereocenters. The van der Waals surface area contributed by atoms with Crippen LogP contribution in [0.1, 0.15) is 80.6 Å². The lowest BCUT2D eigenvalue weighted by Gasteiger charge is -2.45. The van der Waals surface area contributed by atoms with E-state index in [9.17, 15) is 4.79 Å². The van der Waals surface area contributed by atoms with Crippen molar-refractivity contribution in [2.45, 2.75) is 69.5 Å². The van der Waals surface area contributed by atoms with Gasteiger partial charge in [0.25, 0.3) is 0 Å². The molecule has 1 aromatic rings. The zero-order valence-corrected chi connectivity index (χ0v) is 15.9. The van der Waals surface area contributed by atoms with Crippen molar-refractivity contribution in [3.8, 4) is 0 Å². The first-order chi connectivity index (χ1) is 10.9. The maximum atomic E-state index is 13.2. The predicted molar refractivity (Wildman–Crippen MR) is 103 cm³/mol. The van der Waals surface area contributed by atoms with Crippen molar-refractivity contribution in [2.24, 2.45) is 0 Å². The molecule has 0 spiro atoms. The van der Waals surface area contributed by atoms with Gasteiger partial charge in [-0.2, -0.15) is 0 Å². The van der Waals surface area contributed by atoms with Crippen LogP contribution in [0.3, 0.4) is 0 Å². The first-order valence-corrected chi connectivity index (χ1v) is 11.7. The molecule has 23 heavy (non-hydrogen) atoms. The second kappa shape index (κ2) is 6.63. The van der Waals surface area contributed by atoms with Crippen LogP contribution in [0.5, 0.6) is 0 Å². The minimum atomic E-state index is -0.810. The minimum Gasteiger partial charge on any atom is -0.293 e. The van der Waals surface area contributed by atoms with Gasteiger partial charge in [-0.05, 0) is 68.8 Å². The molecule has 1 heterocycles. The number of hydrogen-bond donors (Lipinski definition) is 0. The van der Waals surface area contributed by atoms with Crippen LogP contribution in [0, 0.1) is 0 Å². The molecule has 3 rings (SSSR count). The van der Waals surface area contributed by atoms with E-state index in [0.717, 1.165) is 11.5 Å². The Morgan fingerprint density at radius 3 is 2.09 bits per heavy atom. The van der Waals surface area contributed by atoms with Crippen molar-refractivity contribution in [3.05, 3.63) is 35.4 Å². The highest BCUT2D eigenvalue weighted by Crippen LogP contribution is 2.61. The van der Waals surface area contributed by atoms with Crippen LogP contribution < -0.4 is 0 Å².